The SMILES string of the molecule is CC(=O)N1C2CCC(C3CNN(CCO)C3)CC2N(C(=O)Oc2ccc(F)cc2F)C[C@@H]1C. The highest BCUT2D eigenvalue weighted by Gasteiger charge is 2.48. The first-order chi connectivity index (χ1) is 15.8. The van der Waals surface area contributed by atoms with Gasteiger partial charge in [-0.1, -0.05) is 0 Å². The van der Waals surface area contributed by atoms with Gasteiger partial charge in [-0.25, -0.2) is 18.6 Å². The van der Waals surface area contributed by atoms with Crippen LogP contribution in [0, 0.1) is 23.5 Å². The lowest BCUT2D eigenvalue weighted by Crippen LogP contribution is -2.67. The summed E-state index contributed by atoms with van der Waals surface area (Å²) in [6, 6.07) is 2.27. The zero-order valence-corrected chi connectivity index (χ0v) is 19.0. The fourth-order valence-corrected chi connectivity index (χ4v) is 5.81. The number of rotatable bonds is 4. The van der Waals surface area contributed by atoms with Gasteiger partial charge in [-0.3, -0.25) is 10.2 Å². The Morgan fingerprint density at radius 3 is 2.67 bits per heavy atom. The van der Waals surface area contributed by atoms with Crippen LogP contribution in [0.1, 0.15) is 33.1 Å². The number of halogens is 2. The van der Waals surface area contributed by atoms with Gasteiger partial charge in [0.25, 0.3) is 0 Å². The highest BCUT2D eigenvalue weighted by atomic mass is 19.1. The van der Waals surface area contributed by atoms with Crippen molar-refractivity contribution < 1.29 is 28.2 Å². The molecule has 2 heterocycles. The first-order valence-corrected chi connectivity index (χ1v) is 11.6. The highest BCUT2D eigenvalue weighted by molar-refractivity contribution is 5.76. The zero-order valence-electron chi connectivity index (χ0n) is 19.0. The zero-order chi connectivity index (χ0) is 23.7. The summed E-state index contributed by atoms with van der Waals surface area (Å²) in [5.41, 5.74) is 3.32. The average molecular weight is 467 g/mol. The number of nitrogens with one attached hydrogen (secondary N) is 1. The Balaban J connectivity index is 1.53. The van der Waals surface area contributed by atoms with Crippen LogP contribution < -0.4 is 10.2 Å². The molecule has 4 unspecified atom stereocenters. The quantitative estimate of drug-likeness (QED) is 0.706. The largest absolute Gasteiger partial charge is 0.415 e. The van der Waals surface area contributed by atoms with E-state index < -0.39 is 17.7 Å². The standard InChI is InChI=1S/C23H32F2N4O4/c1-14-12-28(23(32)33-22-6-4-18(24)10-19(22)25)21-9-16(3-5-20(21)29(14)15(2)31)17-11-26-27(13-17)7-8-30/h4,6,10,14,16-17,20-21,26,30H,3,5,7-9,11-13H2,1-2H3/t14-,16?,17?,20?,21?/m0/s1. The van der Waals surface area contributed by atoms with Crippen LogP contribution in [0.3, 0.4) is 0 Å². The minimum atomic E-state index is -0.933. The second kappa shape index (κ2) is 9.90. The van der Waals surface area contributed by atoms with Crippen molar-refractivity contribution in [2.24, 2.45) is 11.8 Å². The topological polar surface area (TPSA) is 85.4 Å². The number of β-amino-alcohol motifs (C(OH)–C–C–N with tert-alkyl or cyclic N) is 1. The minimum absolute atomic E-state index is 0.0230. The summed E-state index contributed by atoms with van der Waals surface area (Å²) < 4.78 is 32.7. The smallest absolute Gasteiger partial charge is 0.407 e. The number of nitrogens with zero attached hydrogens (tertiary/aromatic N) is 3. The molecule has 0 radical (unpaired) electrons. The molecule has 4 rings (SSSR count). The predicted octanol–water partition coefficient (Wildman–Crippen LogP) is 1.98. The van der Waals surface area contributed by atoms with E-state index in [1.165, 1.54) is 0 Å². The monoisotopic (exact) mass is 466 g/mol. The summed E-state index contributed by atoms with van der Waals surface area (Å²) in [4.78, 5) is 29.1. The molecule has 1 aliphatic carbocycles. The maximum atomic E-state index is 14.1. The molecule has 5 atom stereocenters. The van der Waals surface area contributed by atoms with Crippen molar-refractivity contribution >= 4 is 12.0 Å². The van der Waals surface area contributed by atoms with Crippen LogP contribution in [0.5, 0.6) is 5.75 Å². The molecule has 2 amide bonds. The molecule has 2 saturated heterocycles. The normalized spacial score (nSPS) is 30.3. The molecule has 1 saturated carbocycles. The van der Waals surface area contributed by atoms with Gasteiger partial charge < -0.3 is 19.6 Å². The summed E-state index contributed by atoms with van der Waals surface area (Å²) >= 11 is 0. The predicted molar refractivity (Wildman–Crippen MR) is 116 cm³/mol. The van der Waals surface area contributed by atoms with Crippen molar-refractivity contribution in [2.45, 2.75) is 51.2 Å². The van der Waals surface area contributed by atoms with Gasteiger partial charge in [0.2, 0.25) is 5.91 Å². The number of ether oxygens (including phenoxy) is 1. The fourth-order valence-electron chi connectivity index (χ4n) is 5.81. The maximum Gasteiger partial charge on any atom is 0.415 e. The van der Waals surface area contributed by atoms with Gasteiger partial charge in [0.05, 0.1) is 18.7 Å². The Kier molecular flexibility index (Phi) is 7.16. The van der Waals surface area contributed by atoms with E-state index >= 15 is 0 Å². The van der Waals surface area contributed by atoms with E-state index in [4.69, 9.17) is 4.74 Å². The number of carbonyl (C=O) groups excluding carboxylic acids is 2. The third-order valence-corrected chi connectivity index (χ3v) is 7.27. The van der Waals surface area contributed by atoms with Crippen LogP contribution in [0.25, 0.3) is 0 Å². The number of hydrogen-bond donors (Lipinski definition) is 2. The van der Waals surface area contributed by atoms with E-state index in [1.807, 2.05) is 16.8 Å². The minimum Gasteiger partial charge on any atom is -0.407 e. The number of hydrazine groups is 1. The van der Waals surface area contributed by atoms with E-state index in [0.717, 1.165) is 38.1 Å². The van der Waals surface area contributed by atoms with Crippen molar-refractivity contribution in [3.05, 3.63) is 29.8 Å². The number of aliphatic hydroxyl groups excluding tert-OH is 1. The Morgan fingerprint density at radius 1 is 1.18 bits per heavy atom. The molecule has 2 aliphatic heterocycles. The first kappa shape index (κ1) is 23.8. The van der Waals surface area contributed by atoms with Crippen LogP contribution in [-0.2, 0) is 4.79 Å². The molecule has 3 fully saturated rings. The summed E-state index contributed by atoms with van der Waals surface area (Å²) in [7, 11) is 0. The highest BCUT2D eigenvalue weighted by Crippen LogP contribution is 2.40. The molecule has 33 heavy (non-hydrogen) atoms. The van der Waals surface area contributed by atoms with E-state index in [2.05, 4.69) is 5.43 Å². The Morgan fingerprint density at radius 2 is 1.97 bits per heavy atom. The number of amides is 2. The summed E-state index contributed by atoms with van der Waals surface area (Å²) in [6.07, 6.45) is 1.73. The van der Waals surface area contributed by atoms with Crippen molar-refractivity contribution in [1.82, 2.24) is 20.2 Å². The molecular weight excluding hydrogens is 434 g/mol. The van der Waals surface area contributed by atoms with E-state index in [-0.39, 0.29) is 42.9 Å². The number of hydrogen-bond acceptors (Lipinski definition) is 6. The Bertz CT molecular complexity index is 888. The lowest BCUT2D eigenvalue weighted by Gasteiger charge is -2.53. The second-order valence-corrected chi connectivity index (χ2v) is 9.37. The molecule has 8 nitrogen and oxygen atoms in total. The van der Waals surface area contributed by atoms with Crippen LogP contribution in [0.4, 0.5) is 13.6 Å². The Labute approximate surface area is 192 Å². The number of piperazine rings is 1. The van der Waals surface area contributed by atoms with E-state index in [9.17, 15) is 23.5 Å². The summed E-state index contributed by atoms with van der Waals surface area (Å²) in [5.74, 6) is -1.31. The fraction of sp³-hybridized carbons (Fsp3) is 0.652. The molecule has 10 heteroatoms. The Hall–Kier alpha value is -2.30. The van der Waals surface area contributed by atoms with Crippen molar-refractivity contribution in [3.63, 3.8) is 0 Å². The van der Waals surface area contributed by atoms with E-state index in [0.29, 0.717) is 30.9 Å². The van der Waals surface area contributed by atoms with Crippen LogP contribution >= 0.6 is 0 Å². The second-order valence-electron chi connectivity index (χ2n) is 9.37. The summed E-state index contributed by atoms with van der Waals surface area (Å²) in [6.45, 7) is 6.01. The molecule has 0 bridgehead atoms. The van der Waals surface area contributed by atoms with Gasteiger partial charge in [0, 0.05) is 45.2 Å². The van der Waals surface area contributed by atoms with Gasteiger partial charge >= 0.3 is 6.09 Å². The van der Waals surface area contributed by atoms with Crippen molar-refractivity contribution in [2.75, 3.05) is 32.8 Å². The molecule has 0 aromatic heterocycles. The average Bonchev–Trinajstić information content (AvgIpc) is 3.23. The van der Waals surface area contributed by atoms with E-state index in [1.54, 1.807) is 11.8 Å². The molecule has 2 N–H and O–H groups in total. The summed E-state index contributed by atoms with van der Waals surface area (Å²) in [5, 5.41) is 11.2. The molecular formula is C23H32F2N4O4. The number of carbonyl (C=O) groups is 2. The third-order valence-electron chi connectivity index (χ3n) is 7.27. The molecule has 1 aromatic carbocycles. The molecule has 1 aromatic rings. The number of fused-ring (bicyclic) bond motifs is 1. The lowest BCUT2D eigenvalue weighted by molar-refractivity contribution is -0.142. The molecule has 0 spiro atoms. The van der Waals surface area contributed by atoms with Gasteiger partial charge in [0.15, 0.2) is 11.6 Å². The maximum absolute atomic E-state index is 14.1. The van der Waals surface area contributed by atoms with Crippen LogP contribution in [0.2, 0.25) is 0 Å². The number of aliphatic hydroxyl groups is 1. The van der Waals surface area contributed by atoms with Crippen molar-refractivity contribution in [3.8, 4) is 5.75 Å². The molecule has 3 aliphatic rings. The third kappa shape index (κ3) is 4.97. The van der Waals surface area contributed by atoms with Gasteiger partial charge in [-0.05, 0) is 50.2 Å². The lowest BCUT2D eigenvalue weighted by atomic mass is 9.73. The van der Waals surface area contributed by atoms with Gasteiger partial charge in [-0.2, -0.15) is 0 Å². The van der Waals surface area contributed by atoms with Crippen molar-refractivity contribution in [1.29, 1.82) is 0 Å². The van der Waals surface area contributed by atoms with Gasteiger partial charge in [-0.15, -0.1) is 0 Å². The van der Waals surface area contributed by atoms with Crippen LogP contribution in [0.15, 0.2) is 18.2 Å². The first-order valence-electron chi connectivity index (χ1n) is 11.6. The molecule has 182 valence electrons. The van der Waals surface area contributed by atoms with Crippen LogP contribution in [-0.4, -0.2) is 82.8 Å². The van der Waals surface area contributed by atoms with Gasteiger partial charge in [0.1, 0.15) is 5.82 Å². The number of benzene rings is 1.